The van der Waals surface area contributed by atoms with E-state index in [1.54, 1.807) is 23.6 Å². The van der Waals surface area contributed by atoms with Crippen molar-refractivity contribution in [2.75, 3.05) is 0 Å². The zero-order valence-corrected chi connectivity index (χ0v) is 10.9. The van der Waals surface area contributed by atoms with E-state index in [1.807, 2.05) is 19.1 Å². The van der Waals surface area contributed by atoms with Crippen molar-refractivity contribution in [3.8, 4) is 0 Å². The van der Waals surface area contributed by atoms with Crippen molar-refractivity contribution in [2.45, 2.75) is 13.0 Å². The lowest BCUT2D eigenvalue weighted by molar-refractivity contribution is 0.847. The van der Waals surface area contributed by atoms with Crippen LogP contribution < -0.4 is 5.73 Å². The molecule has 0 fully saturated rings. The van der Waals surface area contributed by atoms with Crippen LogP contribution in [0.2, 0.25) is 10.0 Å². The van der Waals surface area contributed by atoms with Crippen LogP contribution in [-0.2, 0) is 0 Å². The van der Waals surface area contributed by atoms with E-state index in [2.05, 4.69) is 4.98 Å². The van der Waals surface area contributed by atoms with Crippen LogP contribution in [0.15, 0.2) is 24.4 Å². The van der Waals surface area contributed by atoms with E-state index >= 15 is 0 Å². The first-order valence-electron chi connectivity index (χ1n) is 4.71. The minimum Gasteiger partial charge on any atom is -0.318 e. The Balaban J connectivity index is 2.37. The van der Waals surface area contributed by atoms with Gasteiger partial charge in [0.1, 0.15) is 0 Å². The Labute approximate surface area is 108 Å². The van der Waals surface area contributed by atoms with Gasteiger partial charge in [-0.2, -0.15) is 0 Å². The molecule has 0 aliphatic heterocycles. The molecule has 0 saturated carbocycles. The fraction of sp³-hybridized carbons (Fsp3) is 0.182. The van der Waals surface area contributed by atoms with E-state index in [4.69, 9.17) is 28.9 Å². The van der Waals surface area contributed by atoms with Gasteiger partial charge in [0.25, 0.3) is 0 Å². The summed E-state index contributed by atoms with van der Waals surface area (Å²) < 4.78 is 0. The highest BCUT2D eigenvalue weighted by Crippen LogP contribution is 2.30. The van der Waals surface area contributed by atoms with Gasteiger partial charge in [0, 0.05) is 16.0 Å². The average Bonchev–Trinajstić information content (AvgIpc) is 2.64. The molecule has 1 unspecified atom stereocenters. The molecule has 0 radical (unpaired) electrons. The summed E-state index contributed by atoms with van der Waals surface area (Å²) in [5.41, 5.74) is 6.76. The molecule has 0 aliphatic rings. The number of rotatable bonds is 2. The van der Waals surface area contributed by atoms with E-state index in [-0.39, 0.29) is 6.04 Å². The van der Waals surface area contributed by atoms with Crippen LogP contribution in [0, 0.1) is 6.92 Å². The third-order valence-electron chi connectivity index (χ3n) is 2.20. The zero-order chi connectivity index (χ0) is 11.7. The molecule has 16 heavy (non-hydrogen) atoms. The summed E-state index contributed by atoms with van der Waals surface area (Å²) in [6.07, 6.45) is 1.56. The minimum atomic E-state index is -0.288. The SMILES string of the molecule is Cc1ccc(C(N)c2ncc(Cl)cc2Cl)s1. The molecular formula is C11H10Cl2N2S. The first kappa shape index (κ1) is 11.9. The molecule has 0 saturated heterocycles. The van der Waals surface area contributed by atoms with Gasteiger partial charge in [0.2, 0.25) is 0 Å². The van der Waals surface area contributed by atoms with Gasteiger partial charge in [0.15, 0.2) is 0 Å². The van der Waals surface area contributed by atoms with Crippen LogP contribution in [0.1, 0.15) is 21.5 Å². The van der Waals surface area contributed by atoms with Crippen molar-refractivity contribution in [2.24, 2.45) is 5.73 Å². The van der Waals surface area contributed by atoms with E-state index in [1.165, 1.54) is 4.88 Å². The van der Waals surface area contributed by atoms with Crippen LogP contribution in [0.25, 0.3) is 0 Å². The summed E-state index contributed by atoms with van der Waals surface area (Å²) in [6, 6.07) is 5.40. The predicted octanol–water partition coefficient (Wildman–Crippen LogP) is 3.81. The molecule has 2 aromatic heterocycles. The molecule has 0 aliphatic carbocycles. The normalized spacial score (nSPS) is 12.8. The van der Waals surface area contributed by atoms with Crippen LogP contribution in [0.4, 0.5) is 0 Å². The van der Waals surface area contributed by atoms with Gasteiger partial charge in [0.05, 0.1) is 21.8 Å². The molecular weight excluding hydrogens is 263 g/mol. The molecule has 0 bridgehead atoms. The van der Waals surface area contributed by atoms with Gasteiger partial charge >= 0.3 is 0 Å². The van der Waals surface area contributed by atoms with Gasteiger partial charge in [-0.1, -0.05) is 23.2 Å². The quantitative estimate of drug-likeness (QED) is 0.903. The highest BCUT2D eigenvalue weighted by molar-refractivity contribution is 7.12. The van der Waals surface area contributed by atoms with Crippen molar-refractivity contribution >= 4 is 34.5 Å². The number of nitrogens with two attached hydrogens (primary N) is 1. The Bertz CT molecular complexity index is 510. The number of hydrogen-bond acceptors (Lipinski definition) is 3. The summed E-state index contributed by atoms with van der Waals surface area (Å²) in [5.74, 6) is 0. The monoisotopic (exact) mass is 272 g/mol. The summed E-state index contributed by atoms with van der Waals surface area (Å²) in [4.78, 5) is 6.45. The van der Waals surface area contributed by atoms with Crippen molar-refractivity contribution < 1.29 is 0 Å². The maximum absolute atomic E-state index is 6.10. The minimum absolute atomic E-state index is 0.288. The standard InChI is InChI=1S/C11H10Cl2N2S/c1-6-2-3-9(16-6)10(14)11-8(13)4-7(12)5-15-11/h2-5,10H,14H2,1H3. The molecule has 0 amide bonds. The second kappa shape index (κ2) is 4.72. The fourth-order valence-corrected chi connectivity index (χ4v) is 2.79. The van der Waals surface area contributed by atoms with Gasteiger partial charge in [-0.15, -0.1) is 11.3 Å². The first-order valence-corrected chi connectivity index (χ1v) is 6.28. The maximum atomic E-state index is 6.10. The molecule has 2 aromatic rings. The summed E-state index contributed by atoms with van der Waals surface area (Å²) >= 11 is 13.5. The molecule has 84 valence electrons. The molecule has 0 spiro atoms. The van der Waals surface area contributed by atoms with E-state index < -0.39 is 0 Å². The van der Waals surface area contributed by atoms with Gasteiger partial charge in [-0.25, -0.2) is 0 Å². The summed E-state index contributed by atoms with van der Waals surface area (Å²) in [5, 5.41) is 1.02. The smallest absolute Gasteiger partial charge is 0.0835 e. The Morgan fingerprint density at radius 1 is 1.38 bits per heavy atom. The molecule has 0 aromatic carbocycles. The first-order chi connectivity index (χ1) is 7.58. The number of nitrogens with zero attached hydrogens (tertiary/aromatic N) is 1. The number of aromatic nitrogens is 1. The van der Waals surface area contributed by atoms with E-state index in [0.29, 0.717) is 15.7 Å². The lowest BCUT2D eigenvalue weighted by atomic mass is 10.1. The molecule has 2 nitrogen and oxygen atoms in total. The van der Waals surface area contributed by atoms with Crippen LogP contribution in [0.5, 0.6) is 0 Å². The zero-order valence-electron chi connectivity index (χ0n) is 8.58. The van der Waals surface area contributed by atoms with Crippen LogP contribution in [-0.4, -0.2) is 4.98 Å². The van der Waals surface area contributed by atoms with Crippen molar-refractivity contribution in [1.29, 1.82) is 0 Å². The number of pyridine rings is 1. The van der Waals surface area contributed by atoms with Crippen molar-refractivity contribution in [1.82, 2.24) is 4.98 Å². The molecule has 5 heteroatoms. The lowest BCUT2D eigenvalue weighted by Crippen LogP contribution is -2.12. The van der Waals surface area contributed by atoms with Crippen molar-refractivity contribution in [3.05, 3.63) is 49.9 Å². The maximum Gasteiger partial charge on any atom is 0.0835 e. The average molecular weight is 273 g/mol. The predicted molar refractivity (Wildman–Crippen MR) is 69.3 cm³/mol. The topological polar surface area (TPSA) is 38.9 Å². The third-order valence-corrected chi connectivity index (χ3v) is 3.79. The molecule has 1 atom stereocenters. The van der Waals surface area contributed by atoms with Crippen molar-refractivity contribution in [3.63, 3.8) is 0 Å². The molecule has 2 rings (SSSR count). The second-order valence-corrected chi connectivity index (χ2v) is 5.61. The Kier molecular flexibility index (Phi) is 3.50. The van der Waals surface area contributed by atoms with Crippen LogP contribution in [0.3, 0.4) is 0 Å². The highest BCUT2D eigenvalue weighted by atomic mass is 35.5. The van der Waals surface area contributed by atoms with Gasteiger partial charge in [-0.05, 0) is 25.1 Å². The van der Waals surface area contributed by atoms with Gasteiger partial charge < -0.3 is 5.73 Å². The lowest BCUT2D eigenvalue weighted by Gasteiger charge is -2.10. The fourth-order valence-electron chi connectivity index (χ4n) is 1.41. The van der Waals surface area contributed by atoms with E-state index in [0.717, 1.165) is 4.88 Å². The van der Waals surface area contributed by atoms with Gasteiger partial charge in [-0.3, -0.25) is 4.98 Å². The summed E-state index contributed by atoms with van der Waals surface area (Å²) in [7, 11) is 0. The third kappa shape index (κ3) is 2.38. The van der Waals surface area contributed by atoms with Crippen LogP contribution >= 0.6 is 34.5 Å². The number of aryl methyl sites for hydroxylation is 1. The Morgan fingerprint density at radius 3 is 2.69 bits per heavy atom. The molecule has 2 N–H and O–H groups in total. The summed E-state index contributed by atoms with van der Waals surface area (Å²) in [6.45, 7) is 2.04. The molecule has 2 heterocycles. The largest absolute Gasteiger partial charge is 0.318 e. The Hall–Kier alpha value is -0.610. The number of thiophene rings is 1. The number of hydrogen-bond donors (Lipinski definition) is 1. The highest BCUT2D eigenvalue weighted by Gasteiger charge is 2.15. The Morgan fingerprint density at radius 2 is 2.12 bits per heavy atom. The number of halogens is 2. The second-order valence-electron chi connectivity index (χ2n) is 3.45. The van der Waals surface area contributed by atoms with E-state index in [9.17, 15) is 0 Å².